The van der Waals surface area contributed by atoms with Gasteiger partial charge in [-0.25, -0.2) is 0 Å². The van der Waals surface area contributed by atoms with Gasteiger partial charge in [0.1, 0.15) is 0 Å². The van der Waals surface area contributed by atoms with Crippen LogP contribution in [0.4, 0.5) is 5.69 Å². The minimum atomic E-state index is 0.726. The molecule has 1 aromatic heterocycles. The molecule has 16 heavy (non-hydrogen) atoms. The highest BCUT2D eigenvalue weighted by atomic mass is 16.1. The largest absolute Gasteiger partial charge is 0.372 e. The number of nitrogens with one attached hydrogen (secondary N) is 1. The molecule has 3 heteroatoms. The van der Waals surface area contributed by atoms with Crippen molar-refractivity contribution >= 4 is 22.9 Å². The number of aromatic nitrogens is 1. The number of carbonyl (C=O) groups excluding carboxylic acids is 1. The van der Waals surface area contributed by atoms with Gasteiger partial charge in [-0.05, 0) is 32.0 Å². The summed E-state index contributed by atoms with van der Waals surface area (Å²) in [6, 6.07) is 6.18. The molecule has 0 aliphatic heterocycles. The Morgan fingerprint density at radius 1 is 1.31 bits per heavy atom. The fraction of sp³-hybridized carbons (Fsp3) is 0.308. The Kier molecular flexibility index (Phi) is 2.95. The Labute approximate surface area is 95.1 Å². The van der Waals surface area contributed by atoms with Gasteiger partial charge < -0.3 is 9.88 Å². The minimum Gasteiger partial charge on any atom is -0.372 e. The lowest BCUT2D eigenvalue weighted by molar-refractivity contribution is 0.112. The number of rotatable bonds is 4. The average Bonchev–Trinajstić information content (AvgIpc) is 2.73. The van der Waals surface area contributed by atoms with Gasteiger partial charge >= 0.3 is 0 Å². The van der Waals surface area contributed by atoms with E-state index in [1.165, 1.54) is 5.69 Å². The lowest BCUT2D eigenvalue weighted by Crippen LogP contribution is -2.21. The van der Waals surface area contributed by atoms with E-state index < -0.39 is 0 Å². The first kappa shape index (κ1) is 10.7. The number of anilines is 1. The van der Waals surface area contributed by atoms with Gasteiger partial charge in [0.15, 0.2) is 6.29 Å². The Morgan fingerprint density at radius 3 is 2.69 bits per heavy atom. The van der Waals surface area contributed by atoms with Crippen molar-refractivity contribution in [1.29, 1.82) is 0 Å². The van der Waals surface area contributed by atoms with Gasteiger partial charge in [0.05, 0.1) is 0 Å². The number of nitrogens with zero attached hydrogens (tertiary/aromatic N) is 1. The Morgan fingerprint density at radius 2 is 2.06 bits per heavy atom. The zero-order chi connectivity index (χ0) is 11.5. The summed E-state index contributed by atoms with van der Waals surface area (Å²) in [4.78, 5) is 16.2. The normalized spacial score (nSPS) is 10.6. The topological polar surface area (TPSA) is 36.1 Å². The van der Waals surface area contributed by atoms with Crippen molar-refractivity contribution in [3.63, 3.8) is 0 Å². The van der Waals surface area contributed by atoms with E-state index in [2.05, 4.69) is 35.9 Å². The maximum absolute atomic E-state index is 10.9. The zero-order valence-electron chi connectivity index (χ0n) is 9.66. The molecule has 2 aromatic rings. The summed E-state index contributed by atoms with van der Waals surface area (Å²) in [6.07, 6.45) is 2.65. The molecule has 0 bridgehead atoms. The summed E-state index contributed by atoms with van der Waals surface area (Å²) in [5, 5.41) is 0.999. The summed E-state index contributed by atoms with van der Waals surface area (Å²) in [7, 11) is 0. The van der Waals surface area contributed by atoms with Crippen molar-refractivity contribution in [2.24, 2.45) is 0 Å². The molecule has 0 amide bonds. The molecule has 84 valence electrons. The predicted octanol–water partition coefficient (Wildman–Crippen LogP) is 2.83. The molecule has 0 spiro atoms. The van der Waals surface area contributed by atoms with Gasteiger partial charge in [0, 0.05) is 41.4 Å². The molecule has 2 rings (SSSR count). The van der Waals surface area contributed by atoms with E-state index in [1.807, 2.05) is 6.07 Å². The summed E-state index contributed by atoms with van der Waals surface area (Å²) >= 11 is 0. The summed E-state index contributed by atoms with van der Waals surface area (Å²) in [6.45, 7) is 6.21. The monoisotopic (exact) mass is 216 g/mol. The first-order valence-electron chi connectivity index (χ1n) is 5.61. The third-order valence-electron chi connectivity index (χ3n) is 2.95. The predicted molar refractivity (Wildman–Crippen MR) is 67.2 cm³/mol. The van der Waals surface area contributed by atoms with Crippen LogP contribution in [0.25, 0.3) is 10.9 Å². The van der Waals surface area contributed by atoms with E-state index in [-0.39, 0.29) is 0 Å². The highest BCUT2D eigenvalue weighted by Crippen LogP contribution is 2.23. The molecule has 0 saturated heterocycles. The van der Waals surface area contributed by atoms with Crippen LogP contribution in [0.3, 0.4) is 0 Å². The van der Waals surface area contributed by atoms with E-state index in [1.54, 1.807) is 6.20 Å². The molecular weight excluding hydrogens is 200 g/mol. The second kappa shape index (κ2) is 4.39. The molecule has 3 nitrogen and oxygen atoms in total. The van der Waals surface area contributed by atoms with Crippen molar-refractivity contribution in [3.8, 4) is 0 Å². The van der Waals surface area contributed by atoms with E-state index in [9.17, 15) is 4.79 Å². The number of fused-ring (bicyclic) bond motifs is 1. The third kappa shape index (κ3) is 1.69. The van der Waals surface area contributed by atoms with Crippen LogP contribution in [-0.4, -0.2) is 24.4 Å². The van der Waals surface area contributed by atoms with E-state index in [4.69, 9.17) is 0 Å². The van der Waals surface area contributed by atoms with Gasteiger partial charge in [-0.15, -0.1) is 0 Å². The van der Waals surface area contributed by atoms with Crippen molar-refractivity contribution in [2.75, 3.05) is 18.0 Å². The van der Waals surface area contributed by atoms with Crippen LogP contribution >= 0.6 is 0 Å². The lowest BCUT2D eigenvalue weighted by atomic mass is 10.1. The molecule has 0 radical (unpaired) electrons. The van der Waals surface area contributed by atoms with Crippen molar-refractivity contribution < 1.29 is 4.79 Å². The van der Waals surface area contributed by atoms with Crippen LogP contribution in [0.5, 0.6) is 0 Å². The van der Waals surface area contributed by atoms with E-state index in [0.717, 1.165) is 35.8 Å². The molecule has 1 heterocycles. The van der Waals surface area contributed by atoms with Gasteiger partial charge in [-0.1, -0.05) is 0 Å². The standard InChI is InChI=1S/C13H16N2O/c1-3-15(4-2)11-5-6-13-12(7-11)10(9-16)8-14-13/h5-9,14H,3-4H2,1-2H3. The van der Waals surface area contributed by atoms with Crippen molar-refractivity contribution in [3.05, 3.63) is 30.0 Å². The van der Waals surface area contributed by atoms with Gasteiger partial charge in [-0.3, -0.25) is 4.79 Å². The molecule has 1 N–H and O–H groups in total. The second-order valence-corrected chi connectivity index (χ2v) is 3.76. The zero-order valence-corrected chi connectivity index (χ0v) is 9.66. The Bertz CT molecular complexity index is 498. The Hall–Kier alpha value is -1.77. The first-order valence-corrected chi connectivity index (χ1v) is 5.61. The SMILES string of the molecule is CCN(CC)c1ccc2[nH]cc(C=O)c2c1. The molecule has 0 aliphatic rings. The smallest absolute Gasteiger partial charge is 0.152 e. The maximum atomic E-state index is 10.9. The first-order chi connectivity index (χ1) is 7.80. The molecule has 1 aromatic carbocycles. The maximum Gasteiger partial charge on any atom is 0.152 e. The highest BCUT2D eigenvalue weighted by molar-refractivity contribution is 5.98. The Balaban J connectivity index is 2.52. The quantitative estimate of drug-likeness (QED) is 0.798. The van der Waals surface area contributed by atoms with E-state index in [0.29, 0.717) is 0 Å². The molecule has 0 saturated carbocycles. The average molecular weight is 216 g/mol. The molecule has 0 unspecified atom stereocenters. The van der Waals surface area contributed by atoms with Gasteiger partial charge in [0.2, 0.25) is 0 Å². The van der Waals surface area contributed by atoms with Crippen LogP contribution in [-0.2, 0) is 0 Å². The number of aldehydes is 1. The molecular formula is C13H16N2O. The van der Waals surface area contributed by atoms with Crippen molar-refractivity contribution in [2.45, 2.75) is 13.8 Å². The van der Waals surface area contributed by atoms with Gasteiger partial charge in [0.25, 0.3) is 0 Å². The van der Waals surface area contributed by atoms with Crippen LogP contribution in [0.2, 0.25) is 0 Å². The molecule has 0 aliphatic carbocycles. The van der Waals surface area contributed by atoms with E-state index >= 15 is 0 Å². The number of hydrogen-bond acceptors (Lipinski definition) is 2. The van der Waals surface area contributed by atoms with Crippen LogP contribution < -0.4 is 4.90 Å². The second-order valence-electron chi connectivity index (χ2n) is 3.76. The number of H-pyrrole nitrogens is 1. The fourth-order valence-corrected chi connectivity index (χ4v) is 2.01. The fourth-order valence-electron chi connectivity index (χ4n) is 2.01. The molecule has 0 fully saturated rings. The number of benzene rings is 1. The van der Waals surface area contributed by atoms with Crippen molar-refractivity contribution in [1.82, 2.24) is 4.98 Å². The van der Waals surface area contributed by atoms with Crippen LogP contribution in [0, 0.1) is 0 Å². The third-order valence-corrected chi connectivity index (χ3v) is 2.95. The van der Waals surface area contributed by atoms with Crippen LogP contribution in [0.1, 0.15) is 24.2 Å². The lowest BCUT2D eigenvalue weighted by Gasteiger charge is -2.20. The highest BCUT2D eigenvalue weighted by Gasteiger charge is 2.06. The van der Waals surface area contributed by atoms with Gasteiger partial charge in [-0.2, -0.15) is 0 Å². The summed E-state index contributed by atoms with van der Waals surface area (Å²) in [5.74, 6) is 0. The molecule has 0 atom stereocenters. The minimum absolute atomic E-state index is 0.726. The summed E-state index contributed by atoms with van der Waals surface area (Å²) in [5.41, 5.74) is 2.90. The number of hydrogen-bond donors (Lipinski definition) is 1. The summed E-state index contributed by atoms with van der Waals surface area (Å²) < 4.78 is 0. The number of aromatic amines is 1. The number of carbonyl (C=O) groups is 1. The van der Waals surface area contributed by atoms with Crippen LogP contribution in [0.15, 0.2) is 24.4 Å².